The molecule has 0 aromatic carbocycles. The van der Waals surface area contributed by atoms with E-state index in [2.05, 4.69) is 5.32 Å². The van der Waals surface area contributed by atoms with Gasteiger partial charge in [0.1, 0.15) is 5.78 Å². The fourth-order valence-corrected chi connectivity index (χ4v) is 1.66. The van der Waals surface area contributed by atoms with E-state index in [9.17, 15) is 9.59 Å². The van der Waals surface area contributed by atoms with Crippen molar-refractivity contribution in [3.8, 4) is 0 Å². The average molecular weight is 300 g/mol. The van der Waals surface area contributed by atoms with Crippen LogP contribution in [0.1, 0.15) is 6.92 Å². The molecule has 0 aromatic heterocycles. The highest BCUT2D eigenvalue weighted by Gasteiger charge is 2.18. The van der Waals surface area contributed by atoms with Gasteiger partial charge in [-0.2, -0.15) is 0 Å². The smallest absolute Gasteiger partial charge is 0.214 e. The molecular formula is C13H25BN2O5. The summed E-state index contributed by atoms with van der Waals surface area (Å²) in [7, 11) is 7.10. The third-order valence-electron chi connectivity index (χ3n) is 2.72. The Hall–Kier alpha value is -0.955. The molecule has 0 saturated carbocycles. The molecule has 0 fully saturated rings. The Morgan fingerprint density at radius 2 is 1.95 bits per heavy atom. The summed E-state index contributed by atoms with van der Waals surface area (Å²) in [6.45, 7) is 3.28. The van der Waals surface area contributed by atoms with Crippen LogP contribution in [0, 0.1) is 0 Å². The van der Waals surface area contributed by atoms with Crippen LogP contribution in [0.5, 0.6) is 0 Å². The number of likely N-dealkylation sites (N-methyl/N-ethyl adjacent to an activating group) is 1. The van der Waals surface area contributed by atoms with Crippen molar-refractivity contribution in [1.29, 1.82) is 0 Å². The number of rotatable bonds is 13. The summed E-state index contributed by atoms with van der Waals surface area (Å²) in [6, 6.07) is -0.0994. The molecule has 0 aromatic rings. The predicted molar refractivity (Wildman–Crippen MR) is 79.4 cm³/mol. The van der Waals surface area contributed by atoms with Gasteiger partial charge in [0.2, 0.25) is 5.91 Å². The summed E-state index contributed by atoms with van der Waals surface area (Å²) in [6.07, 6.45) is -0.125. The fourth-order valence-electron chi connectivity index (χ4n) is 1.66. The lowest BCUT2D eigenvalue weighted by Gasteiger charge is -2.26. The number of nitrogens with zero attached hydrogens (tertiary/aromatic N) is 1. The highest BCUT2D eigenvalue weighted by atomic mass is 16.5. The van der Waals surface area contributed by atoms with E-state index in [1.165, 1.54) is 11.8 Å². The van der Waals surface area contributed by atoms with Gasteiger partial charge in [0.25, 0.3) is 0 Å². The number of nitrogens with one attached hydrogen (secondary N) is 1. The molecule has 1 amide bonds. The second-order valence-electron chi connectivity index (χ2n) is 4.58. The normalized spacial score (nSPS) is 12.1. The zero-order chi connectivity index (χ0) is 16.1. The molecule has 0 heterocycles. The van der Waals surface area contributed by atoms with Crippen molar-refractivity contribution < 1.29 is 24.2 Å². The van der Waals surface area contributed by atoms with E-state index in [1.54, 1.807) is 7.05 Å². The van der Waals surface area contributed by atoms with Gasteiger partial charge in [-0.15, -0.1) is 0 Å². The second kappa shape index (κ2) is 12.8. The first-order valence-corrected chi connectivity index (χ1v) is 6.96. The van der Waals surface area contributed by atoms with Crippen LogP contribution in [0.25, 0.3) is 0 Å². The molecule has 0 aliphatic carbocycles. The molecule has 0 bridgehead atoms. The number of hydrogen-bond acceptors (Lipinski definition) is 6. The third-order valence-corrected chi connectivity index (χ3v) is 2.72. The van der Waals surface area contributed by atoms with Gasteiger partial charge in [-0.05, 0) is 20.3 Å². The number of Topliss-reactive ketones (excluding diaryl/α,β-unsaturated/α-hetero) is 1. The monoisotopic (exact) mass is 300 g/mol. The molecule has 0 spiro atoms. The number of ketones is 1. The molecule has 2 radical (unpaired) electrons. The van der Waals surface area contributed by atoms with E-state index in [0.29, 0.717) is 26.4 Å². The zero-order valence-corrected chi connectivity index (χ0v) is 12.8. The Morgan fingerprint density at radius 1 is 1.29 bits per heavy atom. The fraction of sp³-hybridized carbons (Fsp3) is 0.846. The molecule has 0 rings (SSSR count). The number of ether oxygens (including phenoxy) is 2. The minimum Gasteiger partial charge on any atom is -0.394 e. The van der Waals surface area contributed by atoms with Crippen molar-refractivity contribution in [2.24, 2.45) is 0 Å². The van der Waals surface area contributed by atoms with Crippen LogP contribution in [0.3, 0.4) is 0 Å². The molecule has 0 saturated heterocycles. The first-order valence-electron chi connectivity index (χ1n) is 6.96. The number of hydrogen-bond donors (Lipinski definition) is 2. The van der Waals surface area contributed by atoms with Crippen molar-refractivity contribution in [3.63, 3.8) is 0 Å². The standard InChI is InChI=1S/C13H25BN2O5/c1-11(18)8-16(13(19)7-14)9-12(15-2)10-21-6-5-20-4-3-17/h12,15,17H,3-10H2,1-2H3/t12-/m1/s1. The van der Waals surface area contributed by atoms with Gasteiger partial charge in [0.15, 0.2) is 0 Å². The van der Waals surface area contributed by atoms with Crippen molar-refractivity contribution in [3.05, 3.63) is 0 Å². The van der Waals surface area contributed by atoms with Gasteiger partial charge < -0.3 is 24.8 Å². The maximum atomic E-state index is 11.7. The molecule has 7 nitrogen and oxygen atoms in total. The van der Waals surface area contributed by atoms with E-state index in [-0.39, 0.29) is 43.8 Å². The number of carbonyl (C=O) groups is 2. The molecule has 21 heavy (non-hydrogen) atoms. The van der Waals surface area contributed by atoms with E-state index < -0.39 is 0 Å². The van der Waals surface area contributed by atoms with Crippen LogP contribution in [-0.2, 0) is 19.1 Å². The Kier molecular flexibility index (Phi) is 12.2. The van der Waals surface area contributed by atoms with Crippen LogP contribution in [0.4, 0.5) is 0 Å². The molecule has 8 heteroatoms. The Balaban J connectivity index is 4.11. The average Bonchev–Trinajstić information content (AvgIpc) is 2.47. The largest absolute Gasteiger partial charge is 0.394 e. The summed E-state index contributed by atoms with van der Waals surface area (Å²) in [4.78, 5) is 24.3. The van der Waals surface area contributed by atoms with Gasteiger partial charge in [-0.3, -0.25) is 9.59 Å². The number of aliphatic hydroxyl groups excluding tert-OH is 1. The van der Waals surface area contributed by atoms with Crippen molar-refractivity contribution in [2.75, 3.05) is 53.2 Å². The van der Waals surface area contributed by atoms with Gasteiger partial charge in [0, 0.05) is 12.6 Å². The van der Waals surface area contributed by atoms with Gasteiger partial charge in [-0.1, -0.05) is 0 Å². The highest BCUT2D eigenvalue weighted by molar-refractivity contribution is 6.19. The third kappa shape index (κ3) is 10.4. The topological polar surface area (TPSA) is 88.1 Å². The molecule has 0 unspecified atom stereocenters. The summed E-state index contributed by atoms with van der Waals surface area (Å²) in [5.74, 6) is -0.360. The van der Waals surface area contributed by atoms with Crippen LogP contribution < -0.4 is 5.32 Å². The van der Waals surface area contributed by atoms with Crippen molar-refractivity contribution in [1.82, 2.24) is 10.2 Å². The molecule has 1 atom stereocenters. The predicted octanol–water partition coefficient (Wildman–Crippen LogP) is -1.40. The summed E-state index contributed by atoms with van der Waals surface area (Å²) >= 11 is 0. The molecular weight excluding hydrogens is 275 g/mol. The van der Waals surface area contributed by atoms with Crippen molar-refractivity contribution in [2.45, 2.75) is 19.3 Å². The summed E-state index contributed by atoms with van der Waals surface area (Å²) in [5, 5.41) is 11.6. The zero-order valence-electron chi connectivity index (χ0n) is 12.8. The molecule has 2 N–H and O–H groups in total. The van der Waals surface area contributed by atoms with E-state index in [4.69, 9.17) is 22.4 Å². The Labute approximate surface area is 127 Å². The van der Waals surface area contributed by atoms with Crippen LogP contribution in [0.2, 0.25) is 6.32 Å². The van der Waals surface area contributed by atoms with Crippen LogP contribution in [-0.4, -0.2) is 88.8 Å². The van der Waals surface area contributed by atoms with Gasteiger partial charge in [0.05, 0.1) is 47.4 Å². The number of carbonyl (C=O) groups excluding carboxylic acids is 2. The van der Waals surface area contributed by atoms with E-state index in [1.807, 2.05) is 0 Å². The van der Waals surface area contributed by atoms with E-state index in [0.717, 1.165) is 0 Å². The quantitative estimate of drug-likeness (QED) is 0.321. The minimum absolute atomic E-state index is 0.0135. The Morgan fingerprint density at radius 3 is 2.48 bits per heavy atom. The maximum Gasteiger partial charge on any atom is 0.214 e. The van der Waals surface area contributed by atoms with Crippen molar-refractivity contribution >= 4 is 19.5 Å². The lowest BCUT2D eigenvalue weighted by molar-refractivity contribution is -0.133. The van der Waals surface area contributed by atoms with Crippen LogP contribution >= 0.6 is 0 Å². The van der Waals surface area contributed by atoms with E-state index >= 15 is 0 Å². The molecule has 120 valence electrons. The lowest BCUT2D eigenvalue weighted by Crippen LogP contribution is -2.46. The van der Waals surface area contributed by atoms with Gasteiger partial charge in [-0.25, -0.2) is 0 Å². The first kappa shape index (κ1) is 20.0. The number of amides is 1. The Bertz CT molecular complexity index is 304. The summed E-state index contributed by atoms with van der Waals surface area (Å²) in [5.41, 5.74) is 0. The second-order valence-corrected chi connectivity index (χ2v) is 4.58. The summed E-state index contributed by atoms with van der Waals surface area (Å²) < 4.78 is 10.5. The maximum absolute atomic E-state index is 11.7. The SMILES string of the molecule is [B]CC(=O)N(CC(C)=O)C[C@H](COCCOCCO)NC. The first-order chi connectivity index (χ1) is 10.0. The molecule has 0 aliphatic heterocycles. The van der Waals surface area contributed by atoms with Crippen LogP contribution in [0.15, 0.2) is 0 Å². The van der Waals surface area contributed by atoms with Gasteiger partial charge >= 0.3 is 0 Å². The lowest BCUT2D eigenvalue weighted by atomic mass is 10.0. The number of aliphatic hydroxyl groups is 1. The molecule has 0 aliphatic rings. The minimum atomic E-state index is -0.267. The highest BCUT2D eigenvalue weighted by Crippen LogP contribution is 1.98.